The van der Waals surface area contributed by atoms with Crippen LogP contribution in [0.3, 0.4) is 0 Å². The van der Waals surface area contributed by atoms with Crippen molar-refractivity contribution in [3.8, 4) is 5.75 Å². The summed E-state index contributed by atoms with van der Waals surface area (Å²) in [5.74, 6) is 0.605. The Morgan fingerprint density at radius 3 is 2.36 bits per heavy atom. The fraction of sp³-hybridized carbons (Fsp3) is 0.250. The van der Waals surface area contributed by atoms with Crippen LogP contribution >= 0.6 is 0 Å². The molecular weight excluding hydrogens is 302 g/mol. The van der Waals surface area contributed by atoms with Gasteiger partial charge in [-0.15, -0.1) is 0 Å². The second kappa shape index (κ2) is 7.93. The highest BCUT2D eigenvalue weighted by molar-refractivity contribution is 7.88. The van der Waals surface area contributed by atoms with Gasteiger partial charge in [0.25, 0.3) is 0 Å². The van der Waals surface area contributed by atoms with E-state index in [4.69, 9.17) is 9.57 Å². The van der Waals surface area contributed by atoms with Gasteiger partial charge in [0.2, 0.25) is 10.0 Å². The van der Waals surface area contributed by atoms with Crippen LogP contribution in [0.15, 0.2) is 54.6 Å². The molecule has 22 heavy (non-hydrogen) atoms. The lowest BCUT2D eigenvalue weighted by Gasteiger charge is -2.09. The molecule has 0 bridgehead atoms. The van der Waals surface area contributed by atoms with E-state index in [9.17, 15) is 8.42 Å². The maximum atomic E-state index is 11.9. The zero-order valence-corrected chi connectivity index (χ0v) is 13.2. The summed E-state index contributed by atoms with van der Waals surface area (Å²) in [4.78, 5) is 7.08. The lowest BCUT2D eigenvalue weighted by atomic mass is 10.1. The first-order valence-electron chi connectivity index (χ1n) is 6.90. The highest BCUT2D eigenvalue weighted by atomic mass is 32.2. The molecule has 0 unspecified atom stereocenters. The van der Waals surface area contributed by atoms with E-state index in [1.54, 1.807) is 6.07 Å². The van der Waals surface area contributed by atoms with Crippen molar-refractivity contribution in [2.24, 2.45) is 0 Å². The highest BCUT2D eigenvalue weighted by Gasteiger charge is 2.12. The van der Waals surface area contributed by atoms with Crippen molar-refractivity contribution in [2.75, 3.05) is 13.2 Å². The lowest BCUT2D eigenvalue weighted by Crippen LogP contribution is -2.27. The van der Waals surface area contributed by atoms with Gasteiger partial charge in [-0.2, -0.15) is 0 Å². The highest BCUT2D eigenvalue weighted by Crippen LogP contribution is 2.10. The molecule has 0 atom stereocenters. The van der Waals surface area contributed by atoms with Gasteiger partial charge in [-0.3, -0.25) is 4.84 Å². The summed E-state index contributed by atoms with van der Waals surface area (Å²) in [7, 11) is -3.53. The van der Waals surface area contributed by atoms with Gasteiger partial charge in [0.15, 0.2) is 0 Å². The van der Waals surface area contributed by atoms with Gasteiger partial charge in [0.1, 0.15) is 19.0 Å². The molecule has 2 aromatic carbocycles. The molecule has 0 aliphatic carbocycles. The van der Waals surface area contributed by atoms with Crippen LogP contribution in [0.1, 0.15) is 11.1 Å². The van der Waals surface area contributed by atoms with E-state index in [2.05, 4.69) is 4.89 Å². The summed E-state index contributed by atoms with van der Waals surface area (Å²) in [6.45, 7) is 2.26. The number of hydrogen-bond donors (Lipinski definition) is 1. The Balaban J connectivity index is 1.73. The average molecular weight is 321 g/mol. The Morgan fingerprint density at radius 2 is 1.64 bits per heavy atom. The van der Waals surface area contributed by atoms with Gasteiger partial charge >= 0.3 is 0 Å². The molecule has 0 aliphatic rings. The second-order valence-electron chi connectivity index (χ2n) is 4.78. The first-order chi connectivity index (χ1) is 10.6. The maximum Gasteiger partial charge on any atom is 0.237 e. The zero-order valence-electron chi connectivity index (χ0n) is 12.4. The predicted molar refractivity (Wildman–Crippen MR) is 84.8 cm³/mol. The van der Waals surface area contributed by atoms with Crippen molar-refractivity contribution in [1.82, 2.24) is 4.89 Å². The standard InChI is InChI=1S/C16H19NO4S/c1-14-7-5-6-8-15(14)13-22(18,19)17-21-12-11-20-16-9-3-2-4-10-16/h2-10,17H,11-13H2,1H3. The monoisotopic (exact) mass is 321 g/mol. The largest absolute Gasteiger partial charge is 0.491 e. The quantitative estimate of drug-likeness (QED) is 0.599. The smallest absolute Gasteiger partial charge is 0.237 e. The summed E-state index contributed by atoms with van der Waals surface area (Å²) >= 11 is 0. The molecule has 0 saturated heterocycles. The zero-order chi connectivity index (χ0) is 15.8. The minimum Gasteiger partial charge on any atom is -0.491 e. The van der Waals surface area contributed by atoms with Crippen molar-refractivity contribution in [1.29, 1.82) is 0 Å². The van der Waals surface area contributed by atoms with Crippen molar-refractivity contribution in [3.05, 3.63) is 65.7 Å². The van der Waals surface area contributed by atoms with Crippen LogP contribution in [-0.2, 0) is 20.6 Å². The molecule has 0 saturated carbocycles. The van der Waals surface area contributed by atoms with E-state index < -0.39 is 10.0 Å². The average Bonchev–Trinajstić information content (AvgIpc) is 2.50. The fourth-order valence-corrected chi connectivity index (χ4v) is 2.91. The van der Waals surface area contributed by atoms with Gasteiger partial charge in [-0.05, 0) is 30.2 Å². The van der Waals surface area contributed by atoms with Gasteiger partial charge in [-0.1, -0.05) is 47.3 Å². The molecule has 118 valence electrons. The van der Waals surface area contributed by atoms with Crippen molar-refractivity contribution < 1.29 is 18.0 Å². The number of rotatable bonds is 8. The second-order valence-corrected chi connectivity index (χ2v) is 6.46. The minimum absolute atomic E-state index is 0.112. The molecule has 5 nitrogen and oxygen atoms in total. The third-order valence-electron chi connectivity index (χ3n) is 2.99. The van der Waals surface area contributed by atoms with E-state index in [0.717, 1.165) is 11.1 Å². The molecule has 0 spiro atoms. The first kappa shape index (κ1) is 16.5. The van der Waals surface area contributed by atoms with Gasteiger partial charge < -0.3 is 4.74 Å². The SMILES string of the molecule is Cc1ccccc1CS(=O)(=O)NOCCOc1ccccc1. The minimum atomic E-state index is -3.53. The number of para-hydroxylation sites is 1. The molecule has 0 amide bonds. The van der Waals surface area contributed by atoms with Crippen molar-refractivity contribution >= 4 is 10.0 Å². The molecule has 0 heterocycles. The summed E-state index contributed by atoms with van der Waals surface area (Å²) < 4.78 is 29.2. The molecule has 0 aliphatic heterocycles. The molecule has 0 radical (unpaired) electrons. The Kier molecular flexibility index (Phi) is 5.94. The van der Waals surface area contributed by atoms with Crippen LogP contribution in [0.2, 0.25) is 0 Å². The summed E-state index contributed by atoms with van der Waals surface area (Å²) in [6, 6.07) is 16.6. The number of nitrogens with one attached hydrogen (secondary N) is 1. The number of sulfonamides is 1. The van der Waals surface area contributed by atoms with E-state index in [0.29, 0.717) is 5.75 Å². The molecule has 2 aromatic rings. The third-order valence-corrected chi connectivity index (χ3v) is 4.05. The van der Waals surface area contributed by atoms with Crippen molar-refractivity contribution in [3.63, 3.8) is 0 Å². The van der Waals surface area contributed by atoms with Crippen LogP contribution in [0.5, 0.6) is 5.75 Å². The molecule has 1 N–H and O–H groups in total. The Labute approximate surface area is 130 Å². The predicted octanol–water partition coefficient (Wildman–Crippen LogP) is 2.43. The molecule has 2 rings (SSSR count). The van der Waals surface area contributed by atoms with Crippen molar-refractivity contribution in [2.45, 2.75) is 12.7 Å². The van der Waals surface area contributed by atoms with Crippen LogP contribution < -0.4 is 9.62 Å². The van der Waals surface area contributed by atoms with Gasteiger partial charge in [0, 0.05) is 0 Å². The van der Waals surface area contributed by atoms with E-state index >= 15 is 0 Å². The van der Waals surface area contributed by atoms with Crippen LogP contribution in [0, 0.1) is 6.92 Å². The topological polar surface area (TPSA) is 64.6 Å². The van der Waals surface area contributed by atoms with Crippen LogP contribution in [-0.4, -0.2) is 21.6 Å². The first-order valence-corrected chi connectivity index (χ1v) is 8.56. The summed E-state index contributed by atoms with van der Waals surface area (Å²) in [5, 5.41) is 0. The lowest BCUT2D eigenvalue weighted by molar-refractivity contribution is 0.0665. The Bertz CT molecular complexity index is 686. The Hall–Kier alpha value is -1.89. The van der Waals surface area contributed by atoms with Gasteiger partial charge in [0.05, 0.1) is 5.75 Å². The number of benzene rings is 2. The fourth-order valence-electron chi connectivity index (χ4n) is 1.86. The van der Waals surface area contributed by atoms with Crippen LogP contribution in [0.4, 0.5) is 0 Å². The van der Waals surface area contributed by atoms with Gasteiger partial charge in [-0.25, -0.2) is 8.42 Å². The molecule has 0 aromatic heterocycles. The number of aryl methyl sites for hydroxylation is 1. The van der Waals surface area contributed by atoms with E-state index in [-0.39, 0.29) is 19.0 Å². The van der Waals surface area contributed by atoms with E-state index in [1.807, 2.05) is 55.5 Å². The Morgan fingerprint density at radius 1 is 0.955 bits per heavy atom. The van der Waals surface area contributed by atoms with E-state index in [1.165, 1.54) is 0 Å². The number of ether oxygens (including phenoxy) is 1. The molecule has 6 heteroatoms. The molecular formula is C16H19NO4S. The normalized spacial score (nSPS) is 11.3. The van der Waals surface area contributed by atoms with Crippen LogP contribution in [0.25, 0.3) is 0 Å². The third kappa shape index (κ3) is 5.48. The summed E-state index contributed by atoms with van der Waals surface area (Å²) in [6.07, 6.45) is 0. The maximum absolute atomic E-state index is 11.9. The number of hydrogen-bond acceptors (Lipinski definition) is 4. The molecule has 0 fully saturated rings. The summed E-state index contributed by atoms with van der Waals surface area (Å²) in [5.41, 5.74) is 1.68.